The van der Waals surface area contributed by atoms with E-state index in [2.05, 4.69) is 44.8 Å². The summed E-state index contributed by atoms with van der Waals surface area (Å²) >= 11 is 6.73. The Balaban J connectivity index is 1.39. The van der Waals surface area contributed by atoms with Crippen molar-refractivity contribution in [3.05, 3.63) is 45.4 Å². The van der Waals surface area contributed by atoms with Gasteiger partial charge in [-0.3, -0.25) is 9.51 Å². The molecule has 4 heterocycles. The molecule has 1 unspecified atom stereocenters. The molecule has 0 spiro atoms. The van der Waals surface area contributed by atoms with E-state index in [0.717, 1.165) is 29.5 Å². The molecule has 2 atom stereocenters. The lowest BCUT2D eigenvalue weighted by Gasteiger charge is -2.38. The number of anilines is 2. The second-order valence-corrected chi connectivity index (χ2v) is 13.0. The fraction of sp³-hybridized carbons (Fsp3) is 0.581. The molecule has 3 fully saturated rings. The number of aromatic nitrogens is 6. The van der Waals surface area contributed by atoms with Crippen LogP contribution < -0.4 is 16.0 Å². The summed E-state index contributed by atoms with van der Waals surface area (Å²) in [6.45, 7) is 7.15. The van der Waals surface area contributed by atoms with E-state index in [1.54, 1.807) is 0 Å². The Bertz CT molecular complexity index is 1640. The number of H-pyrrole nitrogens is 1. The molecular weight excluding hydrogens is 568 g/mol. The highest BCUT2D eigenvalue weighted by Gasteiger charge is 2.34. The highest BCUT2D eigenvalue weighted by atomic mass is 35.5. The maximum absolute atomic E-state index is 11.8. The second-order valence-electron chi connectivity index (χ2n) is 12.6. The molecule has 3 aliphatic rings. The van der Waals surface area contributed by atoms with Crippen molar-refractivity contribution in [3.63, 3.8) is 0 Å². The van der Waals surface area contributed by atoms with Gasteiger partial charge in [0.2, 0.25) is 17.6 Å². The summed E-state index contributed by atoms with van der Waals surface area (Å²) in [5.74, 6) is 3.21. The molecule has 12 heteroatoms. The maximum Gasteiger partial charge on any atom is 0.439 e. The third kappa shape index (κ3) is 5.64. The third-order valence-corrected chi connectivity index (χ3v) is 10.0. The molecule has 2 saturated carbocycles. The summed E-state index contributed by atoms with van der Waals surface area (Å²) < 4.78 is 13.1. The van der Waals surface area contributed by atoms with Gasteiger partial charge in [-0.25, -0.2) is 14.8 Å². The van der Waals surface area contributed by atoms with Crippen molar-refractivity contribution < 1.29 is 9.26 Å². The van der Waals surface area contributed by atoms with Crippen LogP contribution in [0.2, 0.25) is 5.02 Å². The van der Waals surface area contributed by atoms with Crippen LogP contribution in [0, 0.1) is 17.8 Å². The van der Waals surface area contributed by atoms with E-state index in [0.29, 0.717) is 48.1 Å². The predicted octanol–water partition coefficient (Wildman–Crippen LogP) is 5.83. The van der Waals surface area contributed by atoms with E-state index in [1.165, 1.54) is 44.9 Å². The molecular formula is C31H39ClN8O3. The number of fused-ring (bicyclic) bond motifs is 1. The molecule has 4 aromatic rings. The molecule has 11 nitrogen and oxygen atoms in total. The highest BCUT2D eigenvalue weighted by Crippen LogP contribution is 2.39. The Labute approximate surface area is 255 Å². The number of morpholine rings is 1. The van der Waals surface area contributed by atoms with Crippen LogP contribution in [0.5, 0.6) is 0 Å². The molecule has 0 bridgehead atoms. The van der Waals surface area contributed by atoms with Crippen molar-refractivity contribution >= 4 is 34.5 Å². The van der Waals surface area contributed by atoms with Crippen molar-refractivity contribution in [2.75, 3.05) is 30.0 Å². The quantitative estimate of drug-likeness (QED) is 0.255. The minimum Gasteiger partial charge on any atom is -0.377 e. The second kappa shape index (κ2) is 11.9. The Morgan fingerprint density at radius 3 is 2.65 bits per heavy atom. The Morgan fingerprint density at radius 2 is 1.93 bits per heavy atom. The lowest BCUT2D eigenvalue weighted by Crippen LogP contribution is -2.41. The number of benzene rings is 1. The average Bonchev–Trinajstić information content (AvgIpc) is 3.57. The predicted molar refractivity (Wildman–Crippen MR) is 165 cm³/mol. The van der Waals surface area contributed by atoms with Crippen molar-refractivity contribution in [1.29, 1.82) is 0 Å². The van der Waals surface area contributed by atoms with Gasteiger partial charge < -0.3 is 19.5 Å². The normalized spacial score (nSPS) is 23.8. The minimum atomic E-state index is -0.648. The molecule has 228 valence electrons. The molecule has 1 aromatic carbocycles. The maximum atomic E-state index is 11.8. The van der Waals surface area contributed by atoms with Gasteiger partial charge in [-0.15, -0.1) is 0 Å². The number of nitrogens with zero attached hydrogens (tertiary/aromatic N) is 6. The van der Waals surface area contributed by atoms with Crippen molar-refractivity contribution in [3.8, 4) is 11.6 Å². The van der Waals surface area contributed by atoms with Gasteiger partial charge in [0.15, 0.2) is 11.5 Å². The van der Waals surface area contributed by atoms with Gasteiger partial charge in [0.1, 0.15) is 5.52 Å². The smallest absolute Gasteiger partial charge is 0.377 e. The van der Waals surface area contributed by atoms with E-state index in [4.69, 9.17) is 35.8 Å². The van der Waals surface area contributed by atoms with Gasteiger partial charge in [-0.1, -0.05) is 61.1 Å². The molecule has 3 aromatic heterocycles. The lowest BCUT2D eigenvalue weighted by molar-refractivity contribution is 0.0927. The van der Waals surface area contributed by atoms with E-state index in [1.807, 2.05) is 18.2 Å². The number of hydrogen-bond donors (Lipinski definition) is 2. The minimum absolute atomic E-state index is 0.103. The van der Waals surface area contributed by atoms with Crippen LogP contribution in [0.25, 0.3) is 22.8 Å². The Morgan fingerprint density at radius 1 is 1.12 bits per heavy atom. The van der Waals surface area contributed by atoms with Crippen LogP contribution in [0.3, 0.4) is 0 Å². The van der Waals surface area contributed by atoms with Crippen LogP contribution in [-0.4, -0.2) is 55.5 Å². The topological polar surface area (TPSA) is 127 Å². The molecule has 0 radical (unpaired) electrons. The summed E-state index contributed by atoms with van der Waals surface area (Å²) in [6.07, 6.45) is 8.47. The third-order valence-electron chi connectivity index (χ3n) is 9.68. The molecule has 0 amide bonds. The van der Waals surface area contributed by atoms with E-state index in [9.17, 15) is 4.79 Å². The summed E-state index contributed by atoms with van der Waals surface area (Å²) in [7, 11) is 0. The summed E-state index contributed by atoms with van der Waals surface area (Å²) in [5, 5.41) is 8.32. The van der Waals surface area contributed by atoms with Gasteiger partial charge in [-0.2, -0.15) is 4.98 Å². The van der Waals surface area contributed by atoms with Gasteiger partial charge >= 0.3 is 5.76 Å². The average molecular weight is 607 g/mol. The number of ether oxygens (including phenoxy) is 1. The molecule has 43 heavy (non-hydrogen) atoms. The molecule has 2 N–H and O–H groups in total. The number of imidazole rings is 1. The number of aromatic amines is 1. The number of hydrogen-bond acceptors (Lipinski definition) is 9. The van der Waals surface area contributed by atoms with E-state index >= 15 is 0 Å². The summed E-state index contributed by atoms with van der Waals surface area (Å²) in [6, 6.07) is 8.07. The number of halogens is 1. The standard InChI is InChI=1S/C31H39ClN8O3/c1-18-10-12-20(13-11-18)16-40-25-26(33-19(2)21-6-5-7-21)34-28(29-37-31(41)43-38-29)35-27(25)36-30(40)39-14-15-42-17-24(39)22-8-3-4-9-23(22)32/h3-4,8-9,18-21,24H,5-7,10-17H2,1-2H3,(H,33,34,35)(H,37,38,41)/t18-,19-,20-,24?/m1/s1. The first kappa shape index (κ1) is 28.3. The van der Waals surface area contributed by atoms with E-state index < -0.39 is 5.76 Å². The van der Waals surface area contributed by atoms with Crippen LogP contribution in [0.4, 0.5) is 11.8 Å². The number of rotatable bonds is 8. The fourth-order valence-corrected chi connectivity index (χ4v) is 7.10. The van der Waals surface area contributed by atoms with Crippen LogP contribution >= 0.6 is 11.6 Å². The SMILES string of the molecule is C[C@@H](Nc1nc(-c2noc(=O)[nH]2)nc2nc(N3CCOCC3c3ccccc3Cl)n(C[C@H]3CC[C@H](C)CC3)c12)C1CCC1. The van der Waals surface area contributed by atoms with Crippen LogP contribution in [0.1, 0.15) is 70.4 Å². The Hall–Kier alpha value is -3.44. The molecule has 1 aliphatic heterocycles. The Kier molecular flexibility index (Phi) is 7.85. The first-order valence-electron chi connectivity index (χ1n) is 15.6. The fourth-order valence-electron chi connectivity index (χ4n) is 6.84. The highest BCUT2D eigenvalue weighted by molar-refractivity contribution is 6.31. The zero-order valence-electron chi connectivity index (χ0n) is 24.8. The largest absolute Gasteiger partial charge is 0.439 e. The zero-order valence-corrected chi connectivity index (χ0v) is 25.5. The van der Waals surface area contributed by atoms with Gasteiger partial charge in [0, 0.05) is 24.2 Å². The summed E-state index contributed by atoms with van der Waals surface area (Å²) in [5.41, 5.74) is 2.44. The van der Waals surface area contributed by atoms with Crippen LogP contribution in [-0.2, 0) is 11.3 Å². The van der Waals surface area contributed by atoms with E-state index in [-0.39, 0.29) is 23.7 Å². The van der Waals surface area contributed by atoms with Gasteiger partial charge in [0.25, 0.3) is 0 Å². The number of nitrogens with one attached hydrogen (secondary N) is 2. The lowest BCUT2D eigenvalue weighted by atomic mass is 9.80. The van der Waals surface area contributed by atoms with Crippen molar-refractivity contribution in [1.82, 2.24) is 29.7 Å². The molecule has 2 aliphatic carbocycles. The van der Waals surface area contributed by atoms with Gasteiger partial charge in [-0.05, 0) is 62.0 Å². The van der Waals surface area contributed by atoms with Crippen LogP contribution in [0.15, 0.2) is 33.6 Å². The monoisotopic (exact) mass is 606 g/mol. The van der Waals surface area contributed by atoms with Gasteiger partial charge in [0.05, 0.1) is 19.3 Å². The first-order chi connectivity index (χ1) is 20.9. The first-order valence-corrected chi connectivity index (χ1v) is 16.0. The zero-order chi connectivity index (χ0) is 29.5. The van der Waals surface area contributed by atoms with Crippen molar-refractivity contribution in [2.45, 2.75) is 77.4 Å². The molecule has 1 saturated heterocycles. The van der Waals surface area contributed by atoms with Crippen molar-refractivity contribution in [2.24, 2.45) is 17.8 Å². The summed E-state index contributed by atoms with van der Waals surface area (Å²) in [4.78, 5) is 31.7. The molecule has 7 rings (SSSR count).